The number of alkyl halides is 2. The Morgan fingerprint density at radius 2 is 1.68 bits per heavy atom. The minimum absolute atomic E-state index is 0.00893. The van der Waals surface area contributed by atoms with Gasteiger partial charge >= 0.3 is 13.3 Å². The molecule has 1 aliphatic carbocycles. The van der Waals surface area contributed by atoms with E-state index in [0.29, 0.717) is 6.42 Å². The second kappa shape index (κ2) is 7.82. The Morgan fingerprint density at radius 1 is 1.12 bits per heavy atom. The molecule has 1 fully saturated rings. The molecule has 1 aromatic rings. The van der Waals surface area contributed by atoms with Gasteiger partial charge in [0, 0.05) is 0 Å². The lowest BCUT2D eigenvalue weighted by molar-refractivity contribution is -0.00898. The third-order valence-electron chi connectivity index (χ3n) is 4.33. The van der Waals surface area contributed by atoms with Gasteiger partial charge in [0.05, 0.1) is 29.3 Å². The van der Waals surface area contributed by atoms with E-state index in [2.05, 4.69) is 0 Å². The van der Waals surface area contributed by atoms with E-state index in [0.717, 1.165) is 0 Å². The van der Waals surface area contributed by atoms with Crippen LogP contribution in [0.3, 0.4) is 0 Å². The van der Waals surface area contributed by atoms with Gasteiger partial charge in [0.25, 0.3) is 0 Å². The van der Waals surface area contributed by atoms with Gasteiger partial charge in [0.2, 0.25) is 0 Å². The molecule has 0 N–H and O–H groups in total. The fourth-order valence-electron chi connectivity index (χ4n) is 3.23. The van der Waals surface area contributed by atoms with Gasteiger partial charge in [-0.2, -0.15) is 8.78 Å². The molecule has 0 bridgehead atoms. The molecule has 1 aliphatic rings. The summed E-state index contributed by atoms with van der Waals surface area (Å²) >= 11 is 0. The molecule has 0 radical (unpaired) electrons. The van der Waals surface area contributed by atoms with Crippen molar-refractivity contribution in [2.24, 2.45) is 5.92 Å². The van der Waals surface area contributed by atoms with Gasteiger partial charge in [-0.15, -0.1) is 0 Å². The third-order valence-corrected chi connectivity index (χ3v) is 8.88. The Bertz CT molecular complexity index is 713. The Balaban J connectivity index is 2.42. The van der Waals surface area contributed by atoms with Crippen molar-refractivity contribution >= 4 is 17.4 Å². The first-order chi connectivity index (χ1) is 11.7. The maximum atomic E-state index is 15.1. The molecule has 5 nitrogen and oxygen atoms in total. The number of hydrogen-bond donors (Lipinski definition) is 0. The molecule has 1 saturated carbocycles. The first kappa shape index (κ1) is 20.5. The van der Waals surface area contributed by atoms with E-state index in [-0.39, 0.29) is 31.0 Å². The molecule has 2 rings (SSSR count). The highest BCUT2D eigenvalue weighted by Crippen LogP contribution is 2.67. The zero-order valence-corrected chi connectivity index (χ0v) is 15.9. The lowest BCUT2D eigenvalue weighted by Gasteiger charge is -2.32. The van der Waals surface area contributed by atoms with Crippen molar-refractivity contribution in [3.05, 3.63) is 30.3 Å². The minimum Gasteiger partial charge on any atom is -0.305 e. The average Bonchev–Trinajstić information content (AvgIpc) is 3.07. The van der Waals surface area contributed by atoms with Crippen LogP contribution in [-0.2, 0) is 23.4 Å². The maximum Gasteiger partial charge on any atom is 0.399 e. The topological polar surface area (TPSA) is 69.7 Å². The van der Waals surface area contributed by atoms with E-state index in [9.17, 15) is 13.0 Å². The van der Waals surface area contributed by atoms with Crippen molar-refractivity contribution in [3.63, 3.8) is 0 Å². The summed E-state index contributed by atoms with van der Waals surface area (Å²) in [6, 6.07) is 7.50. The highest BCUT2D eigenvalue weighted by molar-refractivity contribution is 7.92. The van der Waals surface area contributed by atoms with E-state index in [1.165, 1.54) is 26.0 Å². The molecule has 0 saturated heterocycles. The number of sulfone groups is 1. The monoisotopic (exact) mass is 396 g/mol. The Kier molecular flexibility index (Phi) is 6.41. The fraction of sp³-hybridized carbons (Fsp3) is 0.625. The normalized spacial score (nSPS) is 22.2. The summed E-state index contributed by atoms with van der Waals surface area (Å²) in [5.74, 6) is -1.61. The van der Waals surface area contributed by atoms with Gasteiger partial charge in [-0.05, 0) is 38.8 Å². The molecule has 0 aliphatic heterocycles. The molecule has 0 spiro atoms. The van der Waals surface area contributed by atoms with Crippen LogP contribution in [0.5, 0.6) is 0 Å². The molecular weight excluding hydrogens is 373 g/mol. The van der Waals surface area contributed by atoms with Crippen molar-refractivity contribution in [1.82, 2.24) is 0 Å². The molecule has 142 valence electrons. The van der Waals surface area contributed by atoms with E-state index < -0.39 is 34.3 Å². The maximum absolute atomic E-state index is 15.1. The molecule has 9 heteroatoms. The Labute approximate surface area is 147 Å². The SMILES string of the molecule is CCOP(=O)(OCC)C(F)(F)[C@H]1CCC[C@@H]1S(=O)(=O)c1ccccc1. The van der Waals surface area contributed by atoms with Crippen molar-refractivity contribution in [3.8, 4) is 0 Å². The van der Waals surface area contributed by atoms with E-state index >= 15 is 8.78 Å². The lowest BCUT2D eigenvalue weighted by atomic mass is 10.1. The quantitative estimate of drug-likeness (QED) is 0.606. The summed E-state index contributed by atoms with van der Waals surface area (Å²) in [6.45, 7) is 2.45. The first-order valence-electron chi connectivity index (χ1n) is 8.26. The van der Waals surface area contributed by atoms with Crippen LogP contribution in [-0.4, -0.2) is 32.5 Å². The van der Waals surface area contributed by atoms with Crippen molar-refractivity contribution in [1.29, 1.82) is 0 Å². The van der Waals surface area contributed by atoms with Gasteiger partial charge in [-0.1, -0.05) is 24.6 Å². The average molecular weight is 396 g/mol. The Morgan fingerprint density at radius 3 is 2.20 bits per heavy atom. The van der Waals surface area contributed by atoms with Crippen LogP contribution in [0.4, 0.5) is 8.78 Å². The van der Waals surface area contributed by atoms with Gasteiger partial charge in [-0.3, -0.25) is 4.57 Å². The molecule has 0 heterocycles. The summed E-state index contributed by atoms with van der Waals surface area (Å²) in [5.41, 5.74) is -3.87. The number of halogens is 2. The Hall–Kier alpha value is -0.820. The standard InChI is InChI=1S/C16H23F2O5PS/c1-3-22-24(19,23-4-2)16(17,18)14-11-8-12-15(14)25(20,21)13-9-6-5-7-10-13/h5-7,9-10,14-15H,3-4,8,11-12H2,1-2H3/t14-,15-/m0/s1. The minimum atomic E-state index is -4.77. The lowest BCUT2D eigenvalue weighted by Crippen LogP contribution is -2.39. The zero-order valence-electron chi connectivity index (χ0n) is 14.2. The van der Waals surface area contributed by atoms with E-state index in [1.54, 1.807) is 18.2 Å². The molecule has 25 heavy (non-hydrogen) atoms. The third kappa shape index (κ3) is 3.82. The predicted octanol–water partition coefficient (Wildman–Crippen LogP) is 4.49. The smallest absolute Gasteiger partial charge is 0.305 e. The number of hydrogen-bond acceptors (Lipinski definition) is 5. The fourth-order valence-corrected chi connectivity index (χ4v) is 7.25. The summed E-state index contributed by atoms with van der Waals surface area (Å²) in [5, 5.41) is -1.32. The highest BCUT2D eigenvalue weighted by atomic mass is 32.2. The van der Waals surface area contributed by atoms with Gasteiger partial charge in [0.1, 0.15) is 0 Å². The van der Waals surface area contributed by atoms with E-state index in [1.807, 2.05) is 0 Å². The first-order valence-corrected chi connectivity index (χ1v) is 11.4. The number of rotatable bonds is 8. The summed E-state index contributed by atoms with van der Waals surface area (Å²) in [4.78, 5) is -0.00893. The summed E-state index contributed by atoms with van der Waals surface area (Å²) in [6.07, 6.45) is 0.360. The molecular formula is C16H23F2O5PS. The van der Waals surface area contributed by atoms with Crippen LogP contribution in [0.2, 0.25) is 0 Å². The number of benzene rings is 1. The van der Waals surface area contributed by atoms with Crippen molar-refractivity contribution in [2.75, 3.05) is 13.2 Å². The van der Waals surface area contributed by atoms with Gasteiger partial charge in [-0.25, -0.2) is 8.42 Å². The largest absolute Gasteiger partial charge is 0.399 e. The molecule has 2 atom stereocenters. The van der Waals surface area contributed by atoms with Crippen LogP contribution in [0.15, 0.2) is 35.2 Å². The van der Waals surface area contributed by atoms with Crippen molar-refractivity contribution in [2.45, 2.75) is 48.9 Å². The zero-order chi connectivity index (χ0) is 18.7. The van der Waals surface area contributed by atoms with Crippen LogP contribution >= 0.6 is 7.60 Å². The van der Waals surface area contributed by atoms with Crippen LogP contribution in [0, 0.1) is 5.92 Å². The van der Waals surface area contributed by atoms with Crippen LogP contribution < -0.4 is 0 Å². The van der Waals surface area contributed by atoms with E-state index in [4.69, 9.17) is 9.05 Å². The molecule has 0 unspecified atom stereocenters. The predicted molar refractivity (Wildman–Crippen MR) is 90.6 cm³/mol. The molecule has 1 aromatic carbocycles. The molecule has 0 amide bonds. The summed E-state index contributed by atoms with van der Waals surface area (Å²) in [7, 11) is -8.74. The van der Waals surface area contributed by atoms with Gasteiger partial charge < -0.3 is 9.05 Å². The van der Waals surface area contributed by atoms with Crippen LogP contribution in [0.25, 0.3) is 0 Å². The summed E-state index contributed by atoms with van der Waals surface area (Å²) < 4.78 is 78.0. The second-order valence-electron chi connectivity index (χ2n) is 5.85. The van der Waals surface area contributed by atoms with Crippen molar-refractivity contribution < 1.29 is 30.8 Å². The van der Waals surface area contributed by atoms with Crippen LogP contribution in [0.1, 0.15) is 33.1 Å². The second-order valence-corrected chi connectivity index (χ2v) is 10.1. The highest BCUT2D eigenvalue weighted by Gasteiger charge is 2.63. The molecule has 0 aromatic heterocycles. The van der Waals surface area contributed by atoms with Gasteiger partial charge in [0.15, 0.2) is 9.84 Å².